The Morgan fingerprint density at radius 1 is 0.714 bits per heavy atom. The van der Waals surface area contributed by atoms with E-state index in [2.05, 4.69) is 75.4 Å². The summed E-state index contributed by atoms with van der Waals surface area (Å²) in [6.07, 6.45) is 11.9. The minimum Gasteiger partial charge on any atom is -0.341 e. The number of hydrogen-bond acceptors (Lipinski definition) is 3. The van der Waals surface area contributed by atoms with Crippen molar-refractivity contribution < 1.29 is 0 Å². The molecule has 35 heavy (non-hydrogen) atoms. The number of piperidine rings is 2. The average Bonchev–Trinajstić information content (AvgIpc) is 3.35. The number of rotatable bonds is 10. The molecule has 0 radical (unpaired) electrons. The third-order valence-corrected chi connectivity index (χ3v) is 7.99. The smallest absolute Gasteiger partial charge is 0.107 e. The van der Waals surface area contributed by atoms with E-state index in [0.717, 1.165) is 29.6 Å². The fourth-order valence-corrected chi connectivity index (χ4v) is 5.92. The number of benzene rings is 2. The lowest BCUT2D eigenvalue weighted by Crippen LogP contribution is -2.37. The molecule has 3 heterocycles. The third-order valence-electron chi connectivity index (χ3n) is 7.99. The van der Waals surface area contributed by atoms with Gasteiger partial charge in [-0.25, -0.2) is 4.98 Å². The van der Waals surface area contributed by atoms with Gasteiger partial charge in [-0.05, 0) is 90.1 Å². The van der Waals surface area contributed by atoms with Crippen LogP contribution in [0.3, 0.4) is 0 Å². The van der Waals surface area contributed by atoms with Gasteiger partial charge in [-0.2, -0.15) is 0 Å². The van der Waals surface area contributed by atoms with Crippen molar-refractivity contribution in [1.82, 2.24) is 19.8 Å². The minimum atomic E-state index is 0.880. The molecule has 0 saturated carbocycles. The van der Waals surface area contributed by atoms with E-state index in [0.29, 0.717) is 0 Å². The van der Waals surface area contributed by atoms with Crippen LogP contribution in [0.4, 0.5) is 0 Å². The van der Waals surface area contributed by atoms with Crippen LogP contribution in [0.2, 0.25) is 0 Å². The summed E-state index contributed by atoms with van der Waals surface area (Å²) in [6.45, 7) is 7.84. The summed E-state index contributed by atoms with van der Waals surface area (Å²) < 4.78 is 0. The van der Waals surface area contributed by atoms with E-state index >= 15 is 0 Å². The standard InChI is InChI=1S/C31H42N4/c1-4-13-27(14-5-1)30-31(28-15-6-2-7-16-28)33-29(32-30)17-10-12-26-18-24-35(25-19-26)23-11-22-34-20-8-3-9-21-34/h1-2,4-7,13-16,26H,3,8-12,17-25H2,(H,32,33). The Balaban J connectivity index is 1.08. The largest absolute Gasteiger partial charge is 0.341 e. The lowest BCUT2D eigenvalue weighted by molar-refractivity contribution is 0.160. The molecular formula is C31H42N4. The molecule has 1 N–H and O–H groups in total. The van der Waals surface area contributed by atoms with Gasteiger partial charge >= 0.3 is 0 Å². The maximum absolute atomic E-state index is 5.06. The highest BCUT2D eigenvalue weighted by atomic mass is 15.1. The van der Waals surface area contributed by atoms with Crippen molar-refractivity contribution in [3.63, 3.8) is 0 Å². The molecule has 2 aliphatic rings. The van der Waals surface area contributed by atoms with Crippen LogP contribution in [0.1, 0.15) is 57.2 Å². The Kier molecular flexibility index (Phi) is 8.67. The Morgan fingerprint density at radius 2 is 1.34 bits per heavy atom. The normalized spacial score (nSPS) is 18.2. The molecule has 0 atom stereocenters. The molecule has 2 saturated heterocycles. The lowest BCUT2D eigenvalue weighted by Gasteiger charge is -2.33. The number of nitrogens with one attached hydrogen (secondary N) is 1. The number of likely N-dealkylation sites (tertiary alicyclic amines) is 2. The van der Waals surface area contributed by atoms with E-state index in [1.165, 1.54) is 102 Å². The molecule has 0 aliphatic carbocycles. The topological polar surface area (TPSA) is 35.2 Å². The van der Waals surface area contributed by atoms with Gasteiger partial charge in [0, 0.05) is 17.5 Å². The van der Waals surface area contributed by atoms with Crippen LogP contribution in [-0.2, 0) is 6.42 Å². The first-order valence-electron chi connectivity index (χ1n) is 14.0. The average molecular weight is 471 g/mol. The van der Waals surface area contributed by atoms with Gasteiger partial charge in [0.2, 0.25) is 0 Å². The minimum absolute atomic E-state index is 0.880. The molecule has 1 aromatic heterocycles. The summed E-state index contributed by atoms with van der Waals surface area (Å²) in [7, 11) is 0. The zero-order chi connectivity index (χ0) is 23.7. The van der Waals surface area contributed by atoms with Crippen molar-refractivity contribution in [3.8, 4) is 22.5 Å². The van der Waals surface area contributed by atoms with Gasteiger partial charge in [-0.15, -0.1) is 0 Å². The lowest BCUT2D eigenvalue weighted by atomic mass is 9.91. The second kappa shape index (κ2) is 12.5. The molecule has 0 bridgehead atoms. The SMILES string of the molecule is c1ccc(-c2nc(CCCC3CCN(CCCN4CCCCC4)CC3)[nH]c2-c2ccccc2)cc1. The van der Waals surface area contributed by atoms with Gasteiger partial charge in [0.15, 0.2) is 0 Å². The van der Waals surface area contributed by atoms with E-state index < -0.39 is 0 Å². The highest BCUT2D eigenvalue weighted by Crippen LogP contribution is 2.31. The van der Waals surface area contributed by atoms with Gasteiger partial charge in [0.25, 0.3) is 0 Å². The Labute approximate surface area is 211 Å². The Bertz CT molecular complexity index is 942. The van der Waals surface area contributed by atoms with Crippen molar-refractivity contribution in [3.05, 3.63) is 66.5 Å². The van der Waals surface area contributed by atoms with Gasteiger partial charge in [0.1, 0.15) is 5.82 Å². The van der Waals surface area contributed by atoms with E-state index in [9.17, 15) is 0 Å². The number of hydrogen-bond donors (Lipinski definition) is 1. The summed E-state index contributed by atoms with van der Waals surface area (Å²) in [4.78, 5) is 14.1. The zero-order valence-corrected chi connectivity index (χ0v) is 21.3. The van der Waals surface area contributed by atoms with Crippen LogP contribution in [0.25, 0.3) is 22.5 Å². The van der Waals surface area contributed by atoms with Gasteiger partial charge in [0.05, 0.1) is 11.4 Å². The fraction of sp³-hybridized carbons (Fsp3) is 0.516. The molecule has 0 unspecified atom stereocenters. The summed E-state index contributed by atoms with van der Waals surface area (Å²) >= 11 is 0. The van der Waals surface area contributed by atoms with Crippen LogP contribution in [-0.4, -0.2) is 59.0 Å². The maximum Gasteiger partial charge on any atom is 0.107 e. The van der Waals surface area contributed by atoms with Crippen LogP contribution in [0.15, 0.2) is 60.7 Å². The number of aryl methyl sites for hydroxylation is 1. The molecule has 2 fully saturated rings. The molecule has 5 rings (SSSR count). The zero-order valence-electron chi connectivity index (χ0n) is 21.3. The van der Waals surface area contributed by atoms with Crippen molar-refractivity contribution >= 4 is 0 Å². The monoisotopic (exact) mass is 470 g/mol. The predicted molar refractivity (Wildman–Crippen MR) is 146 cm³/mol. The molecule has 4 heteroatoms. The van der Waals surface area contributed by atoms with Crippen LogP contribution < -0.4 is 0 Å². The molecule has 4 nitrogen and oxygen atoms in total. The van der Waals surface area contributed by atoms with Crippen LogP contribution >= 0.6 is 0 Å². The van der Waals surface area contributed by atoms with Crippen molar-refractivity contribution in [2.45, 2.75) is 57.8 Å². The van der Waals surface area contributed by atoms with E-state index in [1.807, 2.05) is 0 Å². The van der Waals surface area contributed by atoms with Gasteiger partial charge in [-0.1, -0.05) is 67.1 Å². The molecule has 0 spiro atoms. The van der Waals surface area contributed by atoms with Crippen molar-refractivity contribution in [2.24, 2.45) is 5.92 Å². The summed E-state index contributed by atoms with van der Waals surface area (Å²) in [5.41, 5.74) is 4.61. The Morgan fingerprint density at radius 3 is 2.03 bits per heavy atom. The van der Waals surface area contributed by atoms with Crippen LogP contribution in [0.5, 0.6) is 0 Å². The summed E-state index contributed by atoms with van der Waals surface area (Å²) in [6, 6.07) is 21.2. The molecule has 3 aromatic rings. The van der Waals surface area contributed by atoms with E-state index in [-0.39, 0.29) is 0 Å². The highest BCUT2D eigenvalue weighted by molar-refractivity contribution is 5.78. The number of aromatic nitrogens is 2. The highest BCUT2D eigenvalue weighted by Gasteiger charge is 2.20. The first kappa shape index (κ1) is 24.3. The third kappa shape index (κ3) is 6.83. The second-order valence-corrected chi connectivity index (χ2v) is 10.6. The second-order valence-electron chi connectivity index (χ2n) is 10.6. The Hall–Kier alpha value is -2.43. The number of aromatic amines is 1. The molecule has 2 aromatic carbocycles. The summed E-state index contributed by atoms with van der Waals surface area (Å²) in [5, 5.41) is 0. The number of imidazole rings is 1. The molecule has 2 aliphatic heterocycles. The van der Waals surface area contributed by atoms with Gasteiger partial charge < -0.3 is 14.8 Å². The van der Waals surface area contributed by atoms with Gasteiger partial charge in [-0.3, -0.25) is 0 Å². The molecular weight excluding hydrogens is 428 g/mol. The first-order valence-corrected chi connectivity index (χ1v) is 14.0. The van der Waals surface area contributed by atoms with E-state index in [1.54, 1.807) is 0 Å². The molecule has 0 amide bonds. The number of nitrogens with zero attached hydrogens (tertiary/aromatic N) is 3. The summed E-state index contributed by atoms with van der Waals surface area (Å²) in [5.74, 6) is 2.00. The predicted octanol–water partition coefficient (Wildman–Crippen LogP) is 6.65. The number of H-pyrrole nitrogens is 1. The van der Waals surface area contributed by atoms with Crippen molar-refractivity contribution in [1.29, 1.82) is 0 Å². The fourth-order valence-electron chi connectivity index (χ4n) is 5.92. The van der Waals surface area contributed by atoms with Crippen LogP contribution in [0, 0.1) is 5.92 Å². The first-order chi connectivity index (χ1) is 17.3. The maximum atomic E-state index is 5.06. The van der Waals surface area contributed by atoms with E-state index in [4.69, 9.17) is 4.98 Å². The van der Waals surface area contributed by atoms with Crippen molar-refractivity contribution in [2.75, 3.05) is 39.3 Å². The molecule has 186 valence electrons. The quantitative estimate of drug-likeness (QED) is 0.360.